The summed E-state index contributed by atoms with van der Waals surface area (Å²) in [7, 11) is 0. The first-order valence-corrected chi connectivity index (χ1v) is 13.0. The fourth-order valence-electron chi connectivity index (χ4n) is 8.03. The van der Waals surface area contributed by atoms with Crippen LogP contribution in [0, 0.1) is 45.0 Å². The Bertz CT molecular complexity index is 1100. The largest absolute Gasteiger partial charge is 0.339 e. The number of carbonyl (C=O) groups is 3. The van der Waals surface area contributed by atoms with E-state index in [1.807, 2.05) is 4.90 Å². The number of carbonyl (C=O) groups excluding carboxylic acids is 3. The maximum atomic E-state index is 13.7. The van der Waals surface area contributed by atoms with Crippen molar-refractivity contribution < 1.29 is 23.7 Å². The third-order valence-corrected chi connectivity index (χ3v) is 9.28. The third kappa shape index (κ3) is 3.85. The topological polar surface area (TPSA) is 104 Å². The molecule has 3 amide bonds. The number of nitro benzene ring substituents is 1. The van der Waals surface area contributed by atoms with Gasteiger partial charge in [-0.25, -0.2) is 0 Å². The molecule has 6 fully saturated rings. The summed E-state index contributed by atoms with van der Waals surface area (Å²) >= 11 is 0. The number of benzene rings is 1. The number of nitro groups is 1. The molecule has 1 unspecified atom stereocenters. The lowest BCUT2D eigenvalue weighted by atomic mass is 9.49. The van der Waals surface area contributed by atoms with Gasteiger partial charge >= 0.3 is 5.69 Å². The molecule has 4 saturated carbocycles. The van der Waals surface area contributed by atoms with Crippen molar-refractivity contribution in [3.05, 3.63) is 34.1 Å². The smallest absolute Gasteiger partial charge is 0.306 e. The summed E-state index contributed by atoms with van der Waals surface area (Å²) in [4.78, 5) is 54.7. The highest BCUT2D eigenvalue weighted by atomic mass is 19.1. The monoisotopic (exact) mass is 498 g/mol. The van der Waals surface area contributed by atoms with E-state index in [0.29, 0.717) is 43.9 Å². The van der Waals surface area contributed by atoms with Crippen molar-refractivity contribution in [1.82, 2.24) is 9.80 Å². The molecule has 0 spiro atoms. The molecule has 10 heteroatoms. The van der Waals surface area contributed by atoms with Gasteiger partial charge in [0.1, 0.15) is 0 Å². The van der Waals surface area contributed by atoms with E-state index in [-0.39, 0.29) is 41.8 Å². The first kappa shape index (κ1) is 23.4. The molecule has 2 heterocycles. The summed E-state index contributed by atoms with van der Waals surface area (Å²) in [5.74, 6) is 0.412. The van der Waals surface area contributed by atoms with Crippen LogP contribution in [0.25, 0.3) is 0 Å². The summed E-state index contributed by atoms with van der Waals surface area (Å²) in [6, 6.07) is 3.33. The first-order chi connectivity index (χ1) is 17.2. The molecule has 192 valence electrons. The summed E-state index contributed by atoms with van der Waals surface area (Å²) in [6.45, 7) is 2.03. The summed E-state index contributed by atoms with van der Waals surface area (Å²) in [6.07, 6.45) is 6.96. The molecule has 4 aliphatic carbocycles. The Balaban J connectivity index is 1.07. The maximum absolute atomic E-state index is 13.7. The number of nitrogens with zero attached hydrogens (tertiary/aromatic N) is 4. The van der Waals surface area contributed by atoms with Crippen LogP contribution in [-0.2, 0) is 14.4 Å². The van der Waals surface area contributed by atoms with Crippen LogP contribution in [0.1, 0.15) is 44.9 Å². The predicted molar refractivity (Wildman–Crippen MR) is 127 cm³/mol. The minimum atomic E-state index is -0.969. The van der Waals surface area contributed by atoms with E-state index in [0.717, 1.165) is 31.4 Å². The predicted octanol–water partition coefficient (Wildman–Crippen LogP) is 2.97. The van der Waals surface area contributed by atoms with Gasteiger partial charge in [-0.3, -0.25) is 24.5 Å². The lowest BCUT2D eigenvalue weighted by Gasteiger charge is -2.57. The molecule has 2 aliphatic heterocycles. The van der Waals surface area contributed by atoms with Gasteiger partial charge < -0.3 is 14.7 Å². The van der Waals surface area contributed by atoms with E-state index in [9.17, 15) is 28.9 Å². The molecule has 0 radical (unpaired) electrons. The Morgan fingerprint density at radius 3 is 2.14 bits per heavy atom. The molecule has 4 bridgehead atoms. The highest BCUT2D eigenvalue weighted by molar-refractivity contribution is 6.00. The second kappa shape index (κ2) is 8.52. The SMILES string of the molecule is O=C(C1CC(=O)N(c2ccc(F)c([N+](=O)[O-])c2)C1)N1CCN(C(=O)C23CC4CC(CC(C4)C2)C3)CC1. The zero-order valence-corrected chi connectivity index (χ0v) is 20.2. The van der Waals surface area contributed by atoms with Gasteiger partial charge in [0, 0.05) is 45.2 Å². The van der Waals surface area contributed by atoms with Crippen molar-refractivity contribution >= 4 is 29.1 Å². The maximum Gasteiger partial charge on any atom is 0.306 e. The average Bonchev–Trinajstić information content (AvgIpc) is 3.24. The summed E-state index contributed by atoms with van der Waals surface area (Å²) in [5, 5.41) is 11.1. The molecule has 0 N–H and O–H groups in total. The van der Waals surface area contributed by atoms with Crippen molar-refractivity contribution in [3.8, 4) is 0 Å². The number of hydrogen-bond acceptors (Lipinski definition) is 5. The number of anilines is 1. The van der Waals surface area contributed by atoms with Gasteiger partial charge in [-0.05, 0) is 68.4 Å². The van der Waals surface area contributed by atoms with E-state index in [4.69, 9.17) is 0 Å². The molecule has 7 rings (SSSR count). The molecule has 9 nitrogen and oxygen atoms in total. The van der Waals surface area contributed by atoms with Gasteiger partial charge in [0.05, 0.1) is 21.9 Å². The van der Waals surface area contributed by atoms with Crippen molar-refractivity contribution in [2.45, 2.75) is 44.9 Å². The molecule has 1 aromatic carbocycles. The van der Waals surface area contributed by atoms with Gasteiger partial charge in [0.15, 0.2) is 0 Å². The van der Waals surface area contributed by atoms with Crippen molar-refractivity contribution in [1.29, 1.82) is 0 Å². The lowest BCUT2D eigenvalue weighted by Crippen LogP contribution is -2.59. The van der Waals surface area contributed by atoms with Gasteiger partial charge in [-0.15, -0.1) is 0 Å². The standard InChI is InChI=1S/C26H31FN4O5/c27-21-2-1-20(11-22(21)31(35)36)30-15-19(10-23(30)32)24(33)28-3-5-29(6-4-28)25(34)26-12-16-7-17(13-26)9-18(8-16)14-26/h1-2,11,16-19H,3-10,12-15H2. The fraction of sp³-hybridized carbons (Fsp3) is 0.654. The second-order valence-corrected chi connectivity index (χ2v) is 11.6. The van der Waals surface area contributed by atoms with Crippen LogP contribution < -0.4 is 4.90 Å². The van der Waals surface area contributed by atoms with Gasteiger partial charge in [0.25, 0.3) is 0 Å². The van der Waals surface area contributed by atoms with Crippen LogP contribution in [0.4, 0.5) is 15.8 Å². The molecular formula is C26H31FN4O5. The first-order valence-electron chi connectivity index (χ1n) is 13.0. The van der Waals surface area contributed by atoms with Crippen molar-refractivity contribution in [3.63, 3.8) is 0 Å². The van der Waals surface area contributed by atoms with Crippen molar-refractivity contribution in [2.75, 3.05) is 37.6 Å². The Labute approximate surface area is 208 Å². The van der Waals surface area contributed by atoms with Crippen molar-refractivity contribution in [2.24, 2.45) is 29.1 Å². The lowest BCUT2D eigenvalue weighted by molar-refractivity contribution is -0.387. The van der Waals surface area contributed by atoms with Crippen LogP contribution in [0.5, 0.6) is 0 Å². The van der Waals surface area contributed by atoms with Crippen LogP contribution in [0.2, 0.25) is 0 Å². The number of amides is 3. The number of rotatable bonds is 4. The molecule has 6 aliphatic rings. The third-order valence-electron chi connectivity index (χ3n) is 9.28. The minimum Gasteiger partial charge on any atom is -0.339 e. The van der Waals surface area contributed by atoms with Crippen LogP contribution in [0.3, 0.4) is 0 Å². The minimum absolute atomic E-state index is 0.0103. The van der Waals surface area contributed by atoms with Crippen LogP contribution >= 0.6 is 0 Å². The van der Waals surface area contributed by atoms with E-state index in [2.05, 4.69) is 0 Å². The van der Waals surface area contributed by atoms with E-state index in [1.165, 1.54) is 30.2 Å². The van der Waals surface area contributed by atoms with Crippen LogP contribution in [0.15, 0.2) is 18.2 Å². The molecule has 36 heavy (non-hydrogen) atoms. The summed E-state index contributed by atoms with van der Waals surface area (Å²) in [5.41, 5.74) is -0.666. The zero-order chi connectivity index (χ0) is 25.2. The average molecular weight is 499 g/mol. The highest BCUT2D eigenvalue weighted by Crippen LogP contribution is 2.60. The normalized spacial score (nSPS) is 33.4. The molecule has 0 aromatic heterocycles. The number of halogens is 1. The van der Waals surface area contributed by atoms with E-state index >= 15 is 0 Å². The molecule has 1 aromatic rings. The Kier molecular flexibility index (Phi) is 5.53. The van der Waals surface area contributed by atoms with Gasteiger partial charge in [-0.1, -0.05) is 0 Å². The number of piperazine rings is 1. The Hall–Kier alpha value is -3.04. The highest BCUT2D eigenvalue weighted by Gasteiger charge is 2.55. The quantitative estimate of drug-likeness (QED) is 0.469. The number of hydrogen-bond donors (Lipinski definition) is 0. The fourth-order valence-corrected chi connectivity index (χ4v) is 8.03. The Morgan fingerprint density at radius 1 is 0.972 bits per heavy atom. The van der Waals surface area contributed by atoms with Gasteiger partial charge in [0.2, 0.25) is 23.5 Å². The van der Waals surface area contributed by atoms with Crippen LogP contribution in [-0.4, -0.2) is 65.2 Å². The molecule has 1 atom stereocenters. The van der Waals surface area contributed by atoms with E-state index < -0.39 is 22.3 Å². The zero-order valence-electron chi connectivity index (χ0n) is 20.2. The summed E-state index contributed by atoms with van der Waals surface area (Å²) < 4.78 is 13.7. The molecule has 2 saturated heterocycles. The second-order valence-electron chi connectivity index (χ2n) is 11.6. The van der Waals surface area contributed by atoms with Gasteiger partial charge in [-0.2, -0.15) is 4.39 Å². The van der Waals surface area contributed by atoms with E-state index in [1.54, 1.807) is 4.90 Å². The molecular weight excluding hydrogens is 467 g/mol. The Morgan fingerprint density at radius 2 is 1.56 bits per heavy atom.